The zero-order valence-electron chi connectivity index (χ0n) is 8.40. The van der Waals surface area contributed by atoms with Gasteiger partial charge < -0.3 is 5.11 Å². The van der Waals surface area contributed by atoms with Crippen LogP contribution in [0.2, 0.25) is 5.02 Å². The number of thioether (sulfide) groups is 1. The Balaban J connectivity index is 2.60. The molecule has 0 aliphatic carbocycles. The molecule has 0 heterocycles. The van der Waals surface area contributed by atoms with Crippen LogP contribution in [0.25, 0.3) is 0 Å². The molecule has 14 heavy (non-hydrogen) atoms. The lowest BCUT2D eigenvalue weighted by atomic mass is 10.1. The second-order valence-corrected chi connectivity index (χ2v) is 5.44. The molecule has 1 N–H and O–H groups in total. The van der Waals surface area contributed by atoms with Gasteiger partial charge in [-0.15, -0.1) is 0 Å². The summed E-state index contributed by atoms with van der Waals surface area (Å²) in [7, 11) is 0. The van der Waals surface area contributed by atoms with Gasteiger partial charge in [-0.2, -0.15) is 11.8 Å². The van der Waals surface area contributed by atoms with Crippen LogP contribution in [0, 0.1) is 0 Å². The summed E-state index contributed by atoms with van der Waals surface area (Å²) in [5, 5.41) is 11.0. The highest BCUT2D eigenvalue weighted by molar-refractivity contribution is 7.99. The molecule has 0 amide bonds. The second-order valence-electron chi connectivity index (χ2n) is 3.42. The van der Waals surface area contributed by atoms with Gasteiger partial charge in [0.2, 0.25) is 0 Å². The quantitative estimate of drug-likeness (QED) is 0.854. The van der Waals surface area contributed by atoms with Gasteiger partial charge in [0.15, 0.2) is 0 Å². The van der Waals surface area contributed by atoms with Crippen molar-refractivity contribution in [2.75, 3.05) is 5.75 Å². The number of hydrogen-bond acceptors (Lipinski definition) is 2. The van der Waals surface area contributed by atoms with Crippen molar-refractivity contribution in [1.29, 1.82) is 0 Å². The number of aliphatic hydroxyl groups excluding tert-OH is 1. The molecule has 1 atom stereocenters. The zero-order valence-corrected chi connectivity index (χ0v) is 9.98. The average Bonchev–Trinajstić information content (AvgIpc) is 2.15. The van der Waals surface area contributed by atoms with Crippen LogP contribution in [0.5, 0.6) is 0 Å². The van der Waals surface area contributed by atoms with Gasteiger partial charge in [-0.1, -0.05) is 43.6 Å². The first-order valence-corrected chi connectivity index (χ1v) is 6.08. The molecule has 0 saturated heterocycles. The summed E-state index contributed by atoms with van der Waals surface area (Å²) in [6, 6.07) is 7.44. The molecule has 1 aromatic carbocycles. The highest BCUT2D eigenvalue weighted by Gasteiger charge is 2.11. The van der Waals surface area contributed by atoms with Crippen molar-refractivity contribution in [3.8, 4) is 0 Å². The third-order valence-electron chi connectivity index (χ3n) is 1.85. The number of aliphatic hydroxyl groups is 1. The summed E-state index contributed by atoms with van der Waals surface area (Å²) in [5.74, 6) is 0.696. The Morgan fingerprint density at radius 1 is 1.36 bits per heavy atom. The highest BCUT2D eigenvalue weighted by Crippen LogP contribution is 2.26. The smallest absolute Gasteiger partial charge is 0.0894 e. The van der Waals surface area contributed by atoms with E-state index in [1.165, 1.54) is 0 Å². The van der Waals surface area contributed by atoms with E-state index >= 15 is 0 Å². The lowest BCUT2D eigenvalue weighted by molar-refractivity contribution is 0.204. The minimum Gasteiger partial charge on any atom is -0.387 e. The summed E-state index contributed by atoms with van der Waals surface area (Å²) in [6.07, 6.45) is -0.462. The maximum atomic E-state index is 9.84. The maximum absolute atomic E-state index is 9.84. The molecule has 0 bridgehead atoms. The molecule has 1 nitrogen and oxygen atoms in total. The predicted molar refractivity (Wildman–Crippen MR) is 64.0 cm³/mol. The lowest BCUT2D eigenvalue weighted by Gasteiger charge is -2.13. The predicted octanol–water partition coefficient (Wildman–Crippen LogP) is 3.52. The Labute approximate surface area is 94.5 Å². The second kappa shape index (κ2) is 5.64. The van der Waals surface area contributed by atoms with Crippen molar-refractivity contribution >= 4 is 23.4 Å². The molecule has 0 saturated carbocycles. The first kappa shape index (κ1) is 11.9. The van der Waals surface area contributed by atoms with Crippen LogP contribution in [0.1, 0.15) is 25.5 Å². The fourth-order valence-electron chi connectivity index (χ4n) is 1.12. The first-order valence-electron chi connectivity index (χ1n) is 4.65. The minimum atomic E-state index is -0.462. The van der Waals surface area contributed by atoms with Crippen molar-refractivity contribution in [3.05, 3.63) is 34.9 Å². The molecule has 1 aromatic rings. The molecule has 0 aliphatic heterocycles. The van der Waals surface area contributed by atoms with E-state index in [1.54, 1.807) is 17.8 Å². The molecule has 0 aliphatic rings. The third kappa shape index (κ3) is 3.52. The normalized spacial score (nSPS) is 13.2. The van der Waals surface area contributed by atoms with Crippen LogP contribution in [-0.4, -0.2) is 16.1 Å². The molecule has 0 spiro atoms. The monoisotopic (exact) mass is 230 g/mol. The molecular weight excluding hydrogens is 216 g/mol. The molecule has 1 rings (SSSR count). The fraction of sp³-hybridized carbons (Fsp3) is 0.455. The van der Waals surface area contributed by atoms with Crippen LogP contribution < -0.4 is 0 Å². The van der Waals surface area contributed by atoms with Crippen molar-refractivity contribution in [2.24, 2.45) is 0 Å². The van der Waals surface area contributed by atoms with Gasteiger partial charge in [0.1, 0.15) is 0 Å². The van der Waals surface area contributed by atoms with E-state index in [9.17, 15) is 5.11 Å². The van der Waals surface area contributed by atoms with Gasteiger partial charge in [0.05, 0.1) is 6.10 Å². The third-order valence-corrected chi connectivity index (χ3v) is 3.37. The molecule has 3 heteroatoms. The fourth-order valence-corrected chi connectivity index (χ4v) is 2.13. The number of benzene rings is 1. The molecule has 78 valence electrons. The van der Waals surface area contributed by atoms with Crippen molar-refractivity contribution in [3.63, 3.8) is 0 Å². The van der Waals surface area contributed by atoms with Crippen LogP contribution >= 0.6 is 23.4 Å². The van der Waals surface area contributed by atoms with Gasteiger partial charge in [0.25, 0.3) is 0 Å². The van der Waals surface area contributed by atoms with Crippen LogP contribution in [0.4, 0.5) is 0 Å². The molecular formula is C11H15ClOS. The van der Waals surface area contributed by atoms with E-state index < -0.39 is 6.10 Å². The Hall–Kier alpha value is -0.180. The van der Waals surface area contributed by atoms with Gasteiger partial charge in [-0.3, -0.25) is 0 Å². The molecule has 0 aromatic heterocycles. The summed E-state index contributed by atoms with van der Waals surface area (Å²) >= 11 is 7.70. The van der Waals surface area contributed by atoms with Crippen LogP contribution in [0.3, 0.4) is 0 Å². The topological polar surface area (TPSA) is 20.2 Å². The Bertz CT molecular complexity index is 288. The molecule has 1 unspecified atom stereocenters. The van der Waals surface area contributed by atoms with E-state index in [-0.39, 0.29) is 0 Å². The van der Waals surface area contributed by atoms with Crippen LogP contribution in [0.15, 0.2) is 24.3 Å². The van der Waals surface area contributed by atoms with E-state index in [1.807, 2.05) is 18.2 Å². The average molecular weight is 231 g/mol. The first-order chi connectivity index (χ1) is 6.61. The van der Waals surface area contributed by atoms with Gasteiger partial charge >= 0.3 is 0 Å². The number of halogens is 1. The van der Waals surface area contributed by atoms with Gasteiger partial charge in [-0.05, 0) is 16.9 Å². The van der Waals surface area contributed by atoms with E-state index in [2.05, 4.69) is 13.8 Å². The zero-order chi connectivity index (χ0) is 10.6. The summed E-state index contributed by atoms with van der Waals surface area (Å²) in [6.45, 7) is 4.23. The maximum Gasteiger partial charge on any atom is 0.0894 e. The minimum absolute atomic E-state index is 0.462. The summed E-state index contributed by atoms with van der Waals surface area (Å²) in [5.41, 5.74) is 0.822. The van der Waals surface area contributed by atoms with Gasteiger partial charge in [-0.25, -0.2) is 0 Å². The van der Waals surface area contributed by atoms with E-state index in [0.717, 1.165) is 5.56 Å². The summed E-state index contributed by atoms with van der Waals surface area (Å²) in [4.78, 5) is 0. The number of hydrogen-bond donors (Lipinski definition) is 1. The highest BCUT2D eigenvalue weighted by atomic mass is 35.5. The Morgan fingerprint density at radius 3 is 2.57 bits per heavy atom. The summed E-state index contributed by atoms with van der Waals surface area (Å²) < 4.78 is 0. The lowest BCUT2D eigenvalue weighted by Crippen LogP contribution is -2.03. The van der Waals surface area contributed by atoms with Crippen molar-refractivity contribution in [1.82, 2.24) is 0 Å². The molecule has 0 fully saturated rings. The Kier molecular flexibility index (Phi) is 4.79. The standard InChI is InChI=1S/C11H15ClOS/c1-8(2)14-7-11(13)9-5-3-4-6-10(9)12/h3-6,8,11,13H,7H2,1-2H3. The van der Waals surface area contributed by atoms with Gasteiger partial charge in [0, 0.05) is 10.8 Å². The van der Waals surface area contributed by atoms with E-state index in [4.69, 9.17) is 11.6 Å². The largest absolute Gasteiger partial charge is 0.387 e. The van der Waals surface area contributed by atoms with Crippen LogP contribution in [-0.2, 0) is 0 Å². The van der Waals surface area contributed by atoms with Crippen molar-refractivity contribution < 1.29 is 5.11 Å². The number of rotatable bonds is 4. The molecule has 0 radical (unpaired) electrons. The SMILES string of the molecule is CC(C)SCC(O)c1ccccc1Cl. The van der Waals surface area contributed by atoms with Crippen molar-refractivity contribution in [2.45, 2.75) is 25.2 Å². The Morgan fingerprint density at radius 2 is 2.00 bits per heavy atom. The van der Waals surface area contributed by atoms with E-state index in [0.29, 0.717) is 16.0 Å².